The number of nitrogens with zero attached hydrogens (tertiary/aromatic N) is 5. The van der Waals surface area contributed by atoms with Gasteiger partial charge in [0.15, 0.2) is 5.82 Å². The van der Waals surface area contributed by atoms with Crippen LogP contribution in [0.15, 0.2) is 42.6 Å². The predicted molar refractivity (Wildman–Crippen MR) is 140 cm³/mol. The Bertz CT molecular complexity index is 956. The van der Waals surface area contributed by atoms with Gasteiger partial charge in [0.1, 0.15) is 12.7 Å². The van der Waals surface area contributed by atoms with Crippen molar-refractivity contribution in [1.82, 2.24) is 25.6 Å². The molecule has 36 heavy (non-hydrogen) atoms. The van der Waals surface area contributed by atoms with E-state index in [-0.39, 0.29) is 17.4 Å². The van der Waals surface area contributed by atoms with Gasteiger partial charge in [-0.3, -0.25) is 9.80 Å². The second kappa shape index (κ2) is 16.1. The highest BCUT2D eigenvalue weighted by Gasteiger charge is 2.27. The number of hydrazine groups is 1. The van der Waals surface area contributed by atoms with E-state index in [9.17, 15) is 9.59 Å². The van der Waals surface area contributed by atoms with Crippen molar-refractivity contribution in [3.05, 3.63) is 54.0 Å². The minimum absolute atomic E-state index is 0.0761. The number of anilines is 1. The number of urea groups is 1. The molecule has 0 aliphatic rings. The van der Waals surface area contributed by atoms with Crippen LogP contribution in [-0.4, -0.2) is 59.6 Å². The van der Waals surface area contributed by atoms with E-state index < -0.39 is 0 Å². The molecule has 0 fully saturated rings. The lowest BCUT2D eigenvalue weighted by Gasteiger charge is -2.38. The molecule has 0 aliphatic heterocycles. The summed E-state index contributed by atoms with van der Waals surface area (Å²) in [5, 5.41) is 13.8. The first-order valence-electron chi connectivity index (χ1n) is 11.9. The Kier molecular flexibility index (Phi) is 13.5. The molecule has 0 aliphatic carbocycles. The lowest BCUT2D eigenvalue weighted by atomic mass is 10.1. The first-order valence-corrected chi connectivity index (χ1v) is 11.9. The zero-order valence-electron chi connectivity index (χ0n) is 22.2. The summed E-state index contributed by atoms with van der Waals surface area (Å²) in [6.07, 6.45) is 2.38. The van der Waals surface area contributed by atoms with Gasteiger partial charge in [-0.1, -0.05) is 44.2 Å². The van der Waals surface area contributed by atoms with E-state index in [0.717, 1.165) is 18.5 Å². The van der Waals surface area contributed by atoms with E-state index in [1.165, 1.54) is 6.20 Å². The highest BCUT2D eigenvalue weighted by atomic mass is 16.5. The minimum Gasteiger partial charge on any atom is -0.463 e. The topological polar surface area (TPSA) is 123 Å². The van der Waals surface area contributed by atoms with Gasteiger partial charge in [0.25, 0.3) is 6.47 Å². The summed E-state index contributed by atoms with van der Waals surface area (Å²) < 4.78 is 4.54. The van der Waals surface area contributed by atoms with Gasteiger partial charge in [0.2, 0.25) is 5.82 Å². The number of aromatic nitrogens is 2. The van der Waals surface area contributed by atoms with E-state index in [1.54, 1.807) is 11.1 Å². The lowest BCUT2D eigenvalue weighted by molar-refractivity contribution is -0.129. The van der Waals surface area contributed by atoms with Crippen molar-refractivity contribution >= 4 is 18.3 Å². The van der Waals surface area contributed by atoms with Gasteiger partial charge in [-0.25, -0.2) is 15.2 Å². The molecule has 0 radical (unpaired) electrons. The number of benzene rings is 1. The molecular weight excluding hydrogens is 458 g/mol. The second-order valence-electron chi connectivity index (χ2n) is 9.44. The van der Waals surface area contributed by atoms with Crippen LogP contribution >= 0.6 is 0 Å². The van der Waals surface area contributed by atoms with Crippen LogP contribution in [0.4, 0.5) is 10.6 Å². The third-order valence-electron chi connectivity index (χ3n) is 4.82. The number of amides is 2. The molecule has 0 saturated heterocycles. The molecule has 2 rings (SSSR count). The number of ether oxygens (including phenoxy) is 1. The molecule has 10 heteroatoms. The maximum Gasteiger partial charge on any atom is 0.336 e. The van der Waals surface area contributed by atoms with E-state index in [4.69, 9.17) is 5.26 Å². The van der Waals surface area contributed by atoms with Crippen LogP contribution in [0, 0.1) is 17.2 Å². The molecule has 2 aromatic rings. The van der Waals surface area contributed by atoms with Crippen molar-refractivity contribution in [2.75, 3.05) is 31.7 Å². The molecule has 0 unspecified atom stereocenters. The molecule has 10 nitrogen and oxygen atoms in total. The summed E-state index contributed by atoms with van der Waals surface area (Å²) >= 11 is 0. The largest absolute Gasteiger partial charge is 0.463 e. The number of nitriles is 1. The van der Waals surface area contributed by atoms with Crippen LogP contribution in [0.5, 0.6) is 0 Å². The molecule has 1 heterocycles. The average molecular weight is 498 g/mol. The summed E-state index contributed by atoms with van der Waals surface area (Å²) in [4.78, 5) is 32.6. The van der Waals surface area contributed by atoms with Crippen molar-refractivity contribution in [2.24, 2.45) is 5.92 Å². The first kappa shape index (κ1) is 30.3. The Morgan fingerprint density at radius 2 is 1.92 bits per heavy atom. The van der Waals surface area contributed by atoms with Crippen LogP contribution in [0.2, 0.25) is 0 Å². The Hall–Kier alpha value is -3.71. The van der Waals surface area contributed by atoms with Crippen molar-refractivity contribution in [3.63, 3.8) is 0 Å². The quantitative estimate of drug-likeness (QED) is 0.275. The molecule has 196 valence electrons. The summed E-state index contributed by atoms with van der Waals surface area (Å²) in [7, 11) is 1.90. The van der Waals surface area contributed by atoms with Gasteiger partial charge in [-0.2, -0.15) is 10.2 Å². The molecule has 2 N–H and O–H groups in total. The number of hydrogen-bond acceptors (Lipinski definition) is 8. The van der Waals surface area contributed by atoms with Crippen LogP contribution < -0.4 is 15.8 Å². The van der Waals surface area contributed by atoms with Crippen molar-refractivity contribution in [3.8, 4) is 6.07 Å². The van der Waals surface area contributed by atoms with E-state index in [1.807, 2.05) is 69.1 Å². The van der Waals surface area contributed by atoms with Gasteiger partial charge >= 0.3 is 6.03 Å². The monoisotopic (exact) mass is 497 g/mol. The van der Waals surface area contributed by atoms with E-state index in [0.29, 0.717) is 37.9 Å². The van der Waals surface area contributed by atoms with E-state index in [2.05, 4.69) is 39.3 Å². The first-order chi connectivity index (χ1) is 17.1. The van der Waals surface area contributed by atoms with Crippen LogP contribution in [0.3, 0.4) is 0 Å². The number of nitrogens with one attached hydrogen (secondary N) is 2. The second-order valence-corrected chi connectivity index (χ2v) is 9.44. The molecule has 0 spiro atoms. The van der Waals surface area contributed by atoms with E-state index >= 15 is 0 Å². The number of hydrogen-bond donors (Lipinski definition) is 2. The molecule has 0 atom stereocenters. The summed E-state index contributed by atoms with van der Waals surface area (Å²) in [6.45, 7) is 13.0. The zero-order chi connectivity index (χ0) is 27.0. The molecule has 0 bridgehead atoms. The Morgan fingerprint density at radius 3 is 2.47 bits per heavy atom. The van der Waals surface area contributed by atoms with Gasteiger partial charge in [-0.15, -0.1) is 0 Å². The van der Waals surface area contributed by atoms with Crippen molar-refractivity contribution in [1.29, 1.82) is 5.26 Å². The van der Waals surface area contributed by atoms with Crippen molar-refractivity contribution < 1.29 is 14.3 Å². The zero-order valence-corrected chi connectivity index (χ0v) is 22.2. The minimum atomic E-state index is -0.315. The third-order valence-corrected chi connectivity index (χ3v) is 4.82. The standard InChI is InChI=1S/C18H31N7O.C8H8O2/c1-14(2)13-25(16-8-10-21-15(12-19)22-16)23-17(26)24(18(3,4)5)11-7-9-20-6;9-7-10-6-8-4-2-1-3-5-8/h8,10,14,20H,7,9,11,13H2,1-6H3,(H,23,26);1-5,7H,6H2. The Morgan fingerprint density at radius 1 is 1.22 bits per heavy atom. The SMILES string of the molecule is CNCCCN(C(=O)NN(CC(C)C)c1ccnc(C#N)n1)C(C)(C)C.O=COCc1ccccc1. The van der Waals surface area contributed by atoms with Crippen LogP contribution in [-0.2, 0) is 16.1 Å². The normalized spacial score (nSPS) is 10.5. The van der Waals surface area contributed by atoms with Gasteiger partial charge in [0.05, 0.1) is 0 Å². The summed E-state index contributed by atoms with van der Waals surface area (Å²) in [5.74, 6) is 0.873. The Labute approximate surface area is 214 Å². The number of carbonyl (C=O) groups excluding carboxylic acids is 2. The molecule has 1 aromatic heterocycles. The Balaban J connectivity index is 0.000000537. The predicted octanol–water partition coefficient (Wildman–Crippen LogP) is 3.50. The summed E-state index contributed by atoms with van der Waals surface area (Å²) in [5.41, 5.74) is 3.64. The highest BCUT2D eigenvalue weighted by molar-refractivity contribution is 5.76. The molecule has 1 aromatic carbocycles. The fourth-order valence-corrected chi connectivity index (χ4v) is 3.15. The summed E-state index contributed by atoms with van der Waals surface area (Å²) in [6, 6.07) is 13.0. The van der Waals surface area contributed by atoms with Gasteiger partial charge in [0, 0.05) is 30.9 Å². The number of carbonyl (C=O) groups is 2. The van der Waals surface area contributed by atoms with Crippen molar-refractivity contribution in [2.45, 2.75) is 53.2 Å². The van der Waals surface area contributed by atoms with Crippen LogP contribution in [0.25, 0.3) is 0 Å². The molecule has 2 amide bonds. The molecule has 0 saturated carbocycles. The fraction of sp³-hybridized carbons (Fsp3) is 0.500. The maximum atomic E-state index is 12.9. The van der Waals surface area contributed by atoms with Gasteiger partial charge in [-0.05, 0) is 52.3 Å². The van der Waals surface area contributed by atoms with Crippen LogP contribution in [0.1, 0.15) is 52.4 Å². The highest BCUT2D eigenvalue weighted by Crippen LogP contribution is 2.16. The maximum absolute atomic E-state index is 12.9. The lowest BCUT2D eigenvalue weighted by Crippen LogP contribution is -2.56. The average Bonchev–Trinajstić information content (AvgIpc) is 2.85. The smallest absolute Gasteiger partial charge is 0.336 e. The number of rotatable bonds is 11. The third kappa shape index (κ3) is 11.6. The fourth-order valence-electron chi connectivity index (χ4n) is 3.15. The molecular formula is C26H39N7O3. The van der Waals surface area contributed by atoms with Gasteiger partial charge < -0.3 is 15.0 Å².